The average Bonchev–Trinajstić information content (AvgIpc) is 2.38. The van der Waals surface area contributed by atoms with Gasteiger partial charge in [0.1, 0.15) is 5.82 Å². The summed E-state index contributed by atoms with van der Waals surface area (Å²) < 4.78 is 13.6. The minimum absolute atomic E-state index is 0.177. The van der Waals surface area contributed by atoms with Gasteiger partial charge in [-0.3, -0.25) is 4.79 Å². The van der Waals surface area contributed by atoms with E-state index in [2.05, 4.69) is 21.2 Å². The number of amides is 1. The summed E-state index contributed by atoms with van der Waals surface area (Å²) in [6.07, 6.45) is 0. The highest BCUT2D eigenvalue weighted by molar-refractivity contribution is 9.10. The van der Waals surface area contributed by atoms with Crippen LogP contribution in [0.5, 0.6) is 0 Å². The smallest absolute Gasteiger partial charge is 0.256 e. The SMILES string of the molecule is O=C(Nc1cccc(Cl)c1Cl)c1cc(F)ccc1Br. The number of anilines is 1. The zero-order valence-electron chi connectivity index (χ0n) is 9.38. The molecule has 0 atom stereocenters. The lowest BCUT2D eigenvalue weighted by Crippen LogP contribution is -2.13. The Morgan fingerprint density at radius 3 is 2.68 bits per heavy atom. The van der Waals surface area contributed by atoms with Crippen molar-refractivity contribution in [3.63, 3.8) is 0 Å². The second-order valence-corrected chi connectivity index (χ2v) is 5.32. The van der Waals surface area contributed by atoms with Crippen molar-refractivity contribution in [3.8, 4) is 0 Å². The van der Waals surface area contributed by atoms with Gasteiger partial charge in [-0.15, -0.1) is 0 Å². The second-order valence-electron chi connectivity index (χ2n) is 3.68. The number of nitrogens with one attached hydrogen (secondary N) is 1. The fourth-order valence-corrected chi connectivity index (χ4v) is 2.24. The molecule has 0 radical (unpaired) electrons. The molecule has 0 saturated heterocycles. The Hall–Kier alpha value is -1.10. The van der Waals surface area contributed by atoms with Crippen LogP contribution in [0, 0.1) is 5.82 Å². The Kier molecular flexibility index (Phi) is 4.45. The van der Waals surface area contributed by atoms with Crippen LogP contribution in [-0.2, 0) is 0 Å². The maximum Gasteiger partial charge on any atom is 0.256 e. The first kappa shape index (κ1) is 14.3. The number of halogens is 4. The maximum absolute atomic E-state index is 13.1. The van der Waals surface area contributed by atoms with Crippen LogP contribution in [0.1, 0.15) is 10.4 Å². The Morgan fingerprint density at radius 2 is 1.95 bits per heavy atom. The molecule has 6 heteroatoms. The molecule has 0 aliphatic heterocycles. The molecule has 0 bridgehead atoms. The lowest BCUT2D eigenvalue weighted by atomic mass is 10.2. The third-order valence-corrected chi connectivity index (χ3v) is 3.88. The predicted molar refractivity (Wildman–Crippen MR) is 78.5 cm³/mol. The first-order valence-corrected chi connectivity index (χ1v) is 6.74. The van der Waals surface area contributed by atoms with E-state index in [1.54, 1.807) is 18.2 Å². The van der Waals surface area contributed by atoms with Crippen molar-refractivity contribution >= 4 is 50.7 Å². The zero-order chi connectivity index (χ0) is 14.0. The third kappa shape index (κ3) is 3.26. The minimum atomic E-state index is -0.495. The maximum atomic E-state index is 13.1. The molecule has 19 heavy (non-hydrogen) atoms. The second kappa shape index (κ2) is 5.90. The van der Waals surface area contributed by atoms with Crippen molar-refractivity contribution in [3.05, 3.63) is 62.3 Å². The Bertz CT molecular complexity index is 649. The summed E-state index contributed by atoms with van der Waals surface area (Å²) in [4.78, 5) is 12.0. The first-order valence-electron chi connectivity index (χ1n) is 5.19. The predicted octanol–water partition coefficient (Wildman–Crippen LogP) is 5.15. The van der Waals surface area contributed by atoms with Crippen molar-refractivity contribution in [2.24, 2.45) is 0 Å². The summed E-state index contributed by atoms with van der Waals surface area (Å²) in [5.41, 5.74) is 0.548. The zero-order valence-corrected chi connectivity index (χ0v) is 12.5. The van der Waals surface area contributed by atoms with Gasteiger partial charge in [-0.1, -0.05) is 29.3 Å². The highest BCUT2D eigenvalue weighted by Crippen LogP contribution is 2.30. The third-order valence-electron chi connectivity index (χ3n) is 2.37. The van der Waals surface area contributed by atoms with Crippen molar-refractivity contribution in [2.75, 3.05) is 5.32 Å². The monoisotopic (exact) mass is 361 g/mol. The van der Waals surface area contributed by atoms with Crippen molar-refractivity contribution in [1.82, 2.24) is 0 Å². The van der Waals surface area contributed by atoms with E-state index < -0.39 is 11.7 Å². The highest BCUT2D eigenvalue weighted by Gasteiger charge is 2.13. The van der Waals surface area contributed by atoms with Crippen molar-refractivity contribution in [1.29, 1.82) is 0 Å². The topological polar surface area (TPSA) is 29.1 Å². The fourth-order valence-electron chi connectivity index (χ4n) is 1.46. The Labute approximate surface area is 127 Å². The van der Waals surface area contributed by atoms with Crippen molar-refractivity contribution < 1.29 is 9.18 Å². The molecule has 1 amide bonds. The molecule has 0 saturated carbocycles. The van der Waals surface area contributed by atoms with E-state index in [1.807, 2.05) is 0 Å². The number of hydrogen-bond donors (Lipinski definition) is 1. The molecule has 1 N–H and O–H groups in total. The fraction of sp³-hybridized carbons (Fsp3) is 0. The molecule has 2 aromatic carbocycles. The van der Waals surface area contributed by atoms with Crippen LogP contribution < -0.4 is 5.32 Å². The molecule has 0 heterocycles. The standard InChI is InChI=1S/C13H7BrCl2FNO/c14-9-5-4-7(17)6-8(9)13(19)18-11-3-1-2-10(15)12(11)16/h1-6H,(H,18,19). The van der Waals surface area contributed by atoms with E-state index in [0.29, 0.717) is 15.2 Å². The van der Waals surface area contributed by atoms with E-state index in [1.165, 1.54) is 12.1 Å². The molecule has 0 unspecified atom stereocenters. The number of hydrogen-bond acceptors (Lipinski definition) is 1. The van der Waals surface area contributed by atoms with Gasteiger partial charge in [0.2, 0.25) is 0 Å². The van der Waals surface area contributed by atoms with E-state index in [-0.39, 0.29) is 10.6 Å². The van der Waals surface area contributed by atoms with Gasteiger partial charge in [0, 0.05) is 4.47 Å². The van der Waals surface area contributed by atoms with Gasteiger partial charge in [-0.25, -0.2) is 4.39 Å². The summed E-state index contributed by atoms with van der Waals surface area (Å²) in [7, 11) is 0. The summed E-state index contributed by atoms with van der Waals surface area (Å²) >= 11 is 15.0. The van der Waals surface area contributed by atoms with E-state index in [0.717, 1.165) is 6.07 Å². The molecule has 2 nitrogen and oxygen atoms in total. The van der Waals surface area contributed by atoms with Gasteiger partial charge in [0.25, 0.3) is 5.91 Å². The highest BCUT2D eigenvalue weighted by atomic mass is 79.9. The summed E-state index contributed by atoms with van der Waals surface area (Å²) in [6, 6.07) is 8.73. The van der Waals surface area contributed by atoms with Gasteiger partial charge in [-0.05, 0) is 46.3 Å². The molecular weight excluding hydrogens is 356 g/mol. The lowest BCUT2D eigenvalue weighted by Gasteiger charge is -2.09. The lowest BCUT2D eigenvalue weighted by molar-refractivity contribution is 0.102. The van der Waals surface area contributed by atoms with Gasteiger partial charge in [0.15, 0.2) is 0 Å². The van der Waals surface area contributed by atoms with Crippen LogP contribution in [0.4, 0.5) is 10.1 Å². The molecule has 2 rings (SSSR count). The molecule has 0 spiro atoms. The molecule has 0 aliphatic carbocycles. The van der Waals surface area contributed by atoms with Crippen LogP contribution in [0.15, 0.2) is 40.9 Å². The normalized spacial score (nSPS) is 10.3. The molecule has 0 aliphatic rings. The Morgan fingerprint density at radius 1 is 1.21 bits per heavy atom. The largest absolute Gasteiger partial charge is 0.321 e. The van der Waals surface area contributed by atoms with Crippen LogP contribution in [0.25, 0.3) is 0 Å². The van der Waals surface area contributed by atoms with Gasteiger partial charge in [-0.2, -0.15) is 0 Å². The van der Waals surface area contributed by atoms with Crippen molar-refractivity contribution in [2.45, 2.75) is 0 Å². The molecular formula is C13H7BrCl2FNO. The van der Waals surface area contributed by atoms with Crippen LogP contribution >= 0.6 is 39.1 Å². The molecule has 0 fully saturated rings. The quantitative estimate of drug-likeness (QED) is 0.786. The number of carbonyl (C=O) groups excluding carboxylic acids is 1. The number of rotatable bonds is 2. The van der Waals surface area contributed by atoms with E-state index in [4.69, 9.17) is 23.2 Å². The first-order chi connectivity index (χ1) is 8.99. The molecule has 98 valence electrons. The van der Waals surface area contributed by atoms with Gasteiger partial charge >= 0.3 is 0 Å². The molecule has 0 aromatic heterocycles. The number of carbonyl (C=O) groups is 1. The Balaban J connectivity index is 2.31. The summed E-state index contributed by atoms with van der Waals surface area (Å²) in [5.74, 6) is -0.971. The summed E-state index contributed by atoms with van der Waals surface area (Å²) in [6.45, 7) is 0. The molecule has 2 aromatic rings. The van der Waals surface area contributed by atoms with Crippen LogP contribution in [0.3, 0.4) is 0 Å². The minimum Gasteiger partial charge on any atom is -0.321 e. The van der Waals surface area contributed by atoms with Crippen LogP contribution in [-0.4, -0.2) is 5.91 Å². The summed E-state index contributed by atoms with van der Waals surface area (Å²) in [5, 5.41) is 3.16. The average molecular weight is 363 g/mol. The van der Waals surface area contributed by atoms with E-state index >= 15 is 0 Å². The van der Waals surface area contributed by atoms with Gasteiger partial charge < -0.3 is 5.32 Å². The van der Waals surface area contributed by atoms with Crippen LogP contribution in [0.2, 0.25) is 10.0 Å². The van der Waals surface area contributed by atoms with E-state index in [9.17, 15) is 9.18 Å². The number of benzene rings is 2. The van der Waals surface area contributed by atoms with Gasteiger partial charge in [0.05, 0.1) is 21.3 Å².